The first kappa shape index (κ1) is 20.7. The van der Waals surface area contributed by atoms with E-state index in [9.17, 15) is 0 Å². The Hall–Kier alpha value is -3.01. The number of aromatic nitrogens is 1. The third-order valence-corrected chi connectivity index (χ3v) is 5.03. The van der Waals surface area contributed by atoms with E-state index in [0.29, 0.717) is 5.92 Å². The highest BCUT2D eigenvalue weighted by Crippen LogP contribution is 2.25. The molecule has 1 heterocycles. The molecule has 0 aliphatic heterocycles. The van der Waals surface area contributed by atoms with Gasteiger partial charge in [-0.3, -0.25) is 4.98 Å². The van der Waals surface area contributed by atoms with E-state index < -0.39 is 0 Å². The first-order valence-corrected chi connectivity index (χ1v) is 10.4. The molecular formula is C25H29N3O. The fourth-order valence-electron chi connectivity index (χ4n) is 3.10. The Morgan fingerprint density at radius 2 is 1.38 bits per heavy atom. The Balaban J connectivity index is 1.54. The van der Waals surface area contributed by atoms with Gasteiger partial charge in [-0.25, -0.2) is 0 Å². The second kappa shape index (κ2) is 11.1. The van der Waals surface area contributed by atoms with Gasteiger partial charge in [0.05, 0.1) is 18.0 Å². The largest absolute Gasteiger partial charge is 0.493 e. The maximum absolute atomic E-state index is 5.95. The fourth-order valence-corrected chi connectivity index (χ4v) is 3.10. The van der Waals surface area contributed by atoms with Crippen LogP contribution in [0.25, 0.3) is 11.1 Å². The van der Waals surface area contributed by atoms with Crippen LogP contribution in [0, 0.1) is 5.92 Å². The lowest BCUT2D eigenvalue weighted by molar-refractivity contribution is 0.233. The molecule has 0 fully saturated rings. The normalized spacial score (nSPS) is 12.2. The number of nitrogens with zero attached hydrogens (tertiary/aromatic N) is 3. The van der Waals surface area contributed by atoms with Gasteiger partial charge in [0.1, 0.15) is 5.75 Å². The summed E-state index contributed by atoms with van der Waals surface area (Å²) in [6.07, 6.45) is 8.49. The standard InChI is InChI=1S/C25H29N3O/c1-3-5-6-20(4-2)19-29-25-13-11-24(12-14-25)28-27-23-9-7-21(8-10-23)22-15-17-26-18-16-22/h7-18,20H,3-6,19H2,1-2H3. The molecule has 0 saturated heterocycles. The van der Waals surface area contributed by atoms with Crippen molar-refractivity contribution in [3.8, 4) is 16.9 Å². The van der Waals surface area contributed by atoms with E-state index in [1.54, 1.807) is 12.4 Å². The average molecular weight is 388 g/mol. The van der Waals surface area contributed by atoms with Crippen LogP contribution in [0.15, 0.2) is 83.3 Å². The summed E-state index contributed by atoms with van der Waals surface area (Å²) in [6.45, 7) is 5.24. The Bertz CT molecular complexity index is 874. The van der Waals surface area contributed by atoms with Crippen LogP contribution in [0.2, 0.25) is 0 Å². The molecule has 0 radical (unpaired) electrons. The summed E-state index contributed by atoms with van der Waals surface area (Å²) >= 11 is 0. The van der Waals surface area contributed by atoms with Crippen LogP contribution in [0.4, 0.5) is 11.4 Å². The molecule has 4 nitrogen and oxygen atoms in total. The molecule has 0 N–H and O–H groups in total. The Morgan fingerprint density at radius 1 is 0.793 bits per heavy atom. The van der Waals surface area contributed by atoms with Crippen molar-refractivity contribution < 1.29 is 4.74 Å². The molecule has 3 rings (SSSR count). The molecule has 0 bridgehead atoms. The zero-order valence-corrected chi connectivity index (χ0v) is 17.3. The highest BCUT2D eigenvalue weighted by atomic mass is 16.5. The SMILES string of the molecule is CCCCC(CC)COc1ccc(N=Nc2ccc(-c3ccncc3)cc2)cc1. The third kappa shape index (κ3) is 6.53. The van der Waals surface area contributed by atoms with Gasteiger partial charge in [0, 0.05) is 12.4 Å². The van der Waals surface area contributed by atoms with Crippen molar-refractivity contribution in [3.05, 3.63) is 73.1 Å². The van der Waals surface area contributed by atoms with Crippen LogP contribution in [-0.2, 0) is 0 Å². The molecule has 0 amide bonds. The molecule has 1 atom stereocenters. The lowest BCUT2D eigenvalue weighted by atomic mass is 10.0. The number of azo groups is 1. The minimum Gasteiger partial charge on any atom is -0.493 e. The first-order valence-electron chi connectivity index (χ1n) is 10.4. The van der Waals surface area contributed by atoms with Crippen molar-refractivity contribution in [3.63, 3.8) is 0 Å². The van der Waals surface area contributed by atoms with Gasteiger partial charge < -0.3 is 4.74 Å². The molecule has 0 spiro atoms. The topological polar surface area (TPSA) is 46.8 Å². The second-order valence-electron chi connectivity index (χ2n) is 7.20. The summed E-state index contributed by atoms with van der Waals surface area (Å²) in [7, 11) is 0. The van der Waals surface area contributed by atoms with E-state index in [1.165, 1.54) is 19.3 Å². The molecule has 0 saturated carbocycles. The number of ether oxygens (including phenoxy) is 1. The number of benzene rings is 2. The Morgan fingerprint density at radius 3 is 1.97 bits per heavy atom. The predicted octanol–water partition coefficient (Wildman–Crippen LogP) is 7.76. The highest BCUT2D eigenvalue weighted by Gasteiger charge is 2.07. The van der Waals surface area contributed by atoms with Gasteiger partial charge >= 0.3 is 0 Å². The smallest absolute Gasteiger partial charge is 0.119 e. The molecular weight excluding hydrogens is 358 g/mol. The molecule has 1 unspecified atom stereocenters. The van der Waals surface area contributed by atoms with Crippen LogP contribution in [0.5, 0.6) is 5.75 Å². The van der Waals surface area contributed by atoms with E-state index >= 15 is 0 Å². The summed E-state index contributed by atoms with van der Waals surface area (Å²) in [5.74, 6) is 1.52. The van der Waals surface area contributed by atoms with Crippen molar-refractivity contribution in [1.82, 2.24) is 4.98 Å². The number of rotatable bonds is 10. The molecule has 3 aromatic rings. The molecule has 2 aromatic carbocycles. The monoisotopic (exact) mass is 387 g/mol. The summed E-state index contributed by atoms with van der Waals surface area (Å²) in [5, 5.41) is 8.67. The van der Waals surface area contributed by atoms with Crippen molar-refractivity contribution in [2.45, 2.75) is 39.5 Å². The van der Waals surface area contributed by atoms with E-state index in [0.717, 1.165) is 41.3 Å². The summed E-state index contributed by atoms with van der Waals surface area (Å²) in [6, 6.07) is 19.8. The highest BCUT2D eigenvalue weighted by molar-refractivity contribution is 5.64. The van der Waals surface area contributed by atoms with Gasteiger partial charge in [0.15, 0.2) is 0 Å². The van der Waals surface area contributed by atoms with Gasteiger partial charge in [-0.05, 0) is 72.0 Å². The van der Waals surface area contributed by atoms with Gasteiger partial charge in [0.2, 0.25) is 0 Å². The number of pyridine rings is 1. The van der Waals surface area contributed by atoms with E-state index in [4.69, 9.17) is 4.74 Å². The van der Waals surface area contributed by atoms with E-state index in [2.05, 4.69) is 29.1 Å². The molecule has 1 aromatic heterocycles. The van der Waals surface area contributed by atoms with Crippen LogP contribution < -0.4 is 4.74 Å². The van der Waals surface area contributed by atoms with E-state index in [1.807, 2.05) is 60.7 Å². The van der Waals surface area contributed by atoms with Crippen molar-refractivity contribution in [1.29, 1.82) is 0 Å². The van der Waals surface area contributed by atoms with Crippen molar-refractivity contribution >= 4 is 11.4 Å². The van der Waals surface area contributed by atoms with Crippen LogP contribution >= 0.6 is 0 Å². The molecule has 0 aliphatic rings. The quantitative estimate of drug-likeness (QED) is 0.334. The predicted molar refractivity (Wildman–Crippen MR) is 119 cm³/mol. The zero-order valence-electron chi connectivity index (χ0n) is 17.3. The minimum absolute atomic E-state index is 0.629. The Labute approximate surface area is 173 Å². The van der Waals surface area contributed by atoms with Gasteiger partial charge in [-0.2, -0.15) is 10.2 Å². The van der Waals surface area contributed by atoms with Crippen LogP contribution in [-0.4, -0.2) is 11.6 Å². The molecule has 29 heavy (non-hydrogen) atoms. The van der Waals surface area contributed by atoms with Gasteiger partial charge in [0.25, 0.3) is 0 Å². The fraction of sp³-hybridized carbons (Fsp3) is 0.320. The van der Waals surface area contributed by atoms with Crippen LogP contribution in [0.1, 0.15) is 39.5 Å². The summed E-state index contributed by atoms with van der Waals surface area (Å²) in [5.41, 5.74) is 3.91. The Kier molecular flexibility index (Phi) is 7.93. The maximum atomic E-state index is 5.95. The number of unbranched alkanes of at least 4 members (excludes halogenated alkanes) is 1. The lowest BCUT2D eigenvalue weighted by Gasteiger charge is -2.15. The summed E-state index contributed by atoms with van der Waals surface area (Å²) < 4.78 is 5.95. The van der Waals surface area contributed by atoms with Gasteiger partial charge in [-0.15, -0.1) is 0 Å². The van der Waals surface area contributed by atoms with Crippen molar-refractivity contribution in [2.24, 2.45) is 16.1 Å². The first-order chi connectivity index (χ1) is 14.3. The number of hydrogen-bond acceptors (Lipinski definition) is 4. The number of hydrogen-bond donors (Lipinski definition) is 0. The third-order valence-electron chi connectivity index (χ3n) is 5.03. The van der Waals surface area contributed by atoms with Crippen molar-refractivity contribution in [2.75, 3.05) is 6.61 Å². The zero-order chi connectivity index (χ0) is 20.3. The lowest BCUT2D eigenvalue weighted by Crippen LogP contribution is -2.11. The van der Waals surface area contributed by atoms with E-state index in [-0.39, 0.29) is 0 Å². The average Bonchev–Trinajstić information content (AvgIpc) is 2.79. The van der Waals surface area contributed by atoms with Gasteiger partial charge in [-0.1, -0.05) is 45.2 Å². The molecule has 4 heteroatoms. The van der Waals surface area contributed by atoms with Crippen LogP contribution in [0.3, 0.4) is 0 Å². The second-order valence-corrected chi connectivity index (χ2v) is 7.20. The molecule has 150 valence electrons. The summed E-state index contributed by atoms with van der Waals surface area (Å²) in [4.78, 5) is 4.05. The minimum atomic E-state index is 0.629. The maximum Gasteiger partial charge on any atom is 0.119 e. The molecule has 0 aliphatic carbocycles.